The van der Waals surface area contributed by atoms with E-state index >= 15 is 0 Å². The number of rotatable bonds is 7. The molecule has 2 rings (SSSR count). The van der Waals surface area contributed by atoms with E-state index in [1.165, 1.54) is 19.3 Å². The second kappa shape index (κ2) is 7.66. The summed E-state index contributed by atoms with van der Waals surface area (Å²) in [7, 11) is 0. The molecular formula is C16H20N2O2. The zero-order chi connectivity index (χ0) is 14.2. The van der Waals surface area contributed by atoms with Gasteiger partial charge in [0.05, 0.1) is 24.7 Å². The quantitative estimate of drug-likeness (QED) is 0.776. The van der Waals surface area contributed by atoms with Crippen LogP contribution >= 0.6 is 0 Å². The largest absolute Gasteiger partial charge is 0.381 e. The molecule has 0 aromatic heterocycles. The van der Waals surface area contributed by atoms with Crippen LogP contribution in [0.5, 0.6) is 0 Å². The molecule has 1 aromatic rings. The molecule has 1 amide bonds. The third kappa shape index (κ3) is 4.67. The molecule has 1 aromatic carbocycles. The summed E-state index contributed by atoms with van der Waals surface area (Å²) in [6, 6.07) is 8.87. The van der Waals surface area contributed by atoms with Gasteiger partial charge in [0.25, 0.3) is 0 Å². The first-order valence-electron chi connectivity index (χ1n) is 7.15. The Bertz CT molecular complexity index is 472. The first kappa shape index (κ1) is 14.5. The monoisotopic (exact) mass is 272 g/mol. The molecule has 4 nitrogen and oxygen atoms in total. The van der Waals surface area contributed by atoms with E-state index in [4.69, 9.17) is 10.00 Å². The number of nitrogens with zero attached hydrogens (tertiary/aromatic N) is 1. The lowest BCUT2D eigenvalue weighted by atomic mass is 9.83. The van der Waals surface area contributed by atoms with Gasteiger partial charge in [-0.3, -0.25) is 4.79 Å². The van der Waals surface area contributed by atoms with E-state index in [2.05, 4.69) is 5.32 Å². The van der Waals surface area contributed by atoms with E-state index in [1.807, 2.05) is 6.07 Å². The van der Waals surface area contributed by atoms with Crippen LogP contribution in [0.25, 0.3) is 0 Å². The van der Waals surface area contributed by atoms with Gasteiger partial charge in [0.15, 0.2) is 0 Å². The highest BCUT2D eigenvalue weighted by atomic mass is 16.5. The molecule has 1 N–H and O–H groups in total. The molecule has 0 heterocycles. The Labute approximate surface area is 119 Å². The summed E-state index contributed by atoms with van der Waals surface area (Å²) in [5, 5.41) is 11.5. The minimum atomic E-state index is -0.0571. The lowest BCUT2D eigenvalue weighted by Crippen LogP contribution is -2.16. The minimum Gasteiger partial charge on any atom is -0.381 e. The number of nitriles is 1. The Morgan fingerprint density at radius 1 is 1.30 bits per heavy atom. The maximum absolute atomic E-state index is 11.7. The number of ether oxygens (including phenoxy) is 1. The first-order valence-corrected chi connectivity index (χ1v) is 7.15. The zero-order valence-electron chi connectivity index (χ0n) is 11.6. The third-order valence-electron chi connectivity index (χ3n) is 3.67. The van der Waals surface area contributed by atoms with Crippen LogP contribution in [-0.2, 0) is 9.53 Å². The SMILES string of the molecule is N#Cc1ccc(NC(=O)CCOCCC2CCC2)cc1. The van der Waals surface area contributed by atoms with Crippen LogP contribution in [0.15, 0.2) is 24.3 Å². The van der Waals surface area contributed by atoms with Crippen molar-refractivity contribution in [3.05, 3.63) is 29.8 Å². The summed E-state index contributed by atoms with van der Waals surface area (Å²) in [4.78, 5) is 11.7. The van der Waals surface area contributed by atoms with Crippen LogP contribution in [0.3, 0.4) is 0 Å². The van der Waals surface area contributed by atoms with Gasteiger partial charge in [0.1, 0.15) is 0 Å². The van der Waals surface area contributed by atoms with E-state index in [9.17, 15) is 4.79 Å². The second-order valence-electron chi connectivity index (χ2n) is 5.19. The van der Waals surface area contributed by atoms with Crippen LogP contribution < -0.4 is 5.32 Å². The van der Waals surface area contributed by atoms with E-state index < -0.39 is 0 Å². The standard InChI is InChI=1S/C16H20N2O2/c17-12-14-4-6-15(7-5-14)18-16(19)9-11-20-10-8-13-2-1-3-13/h4-7,13H,1-3,8-11H2,(H,18,19). The van der Waals surface area contributed by atoms with E-state index in [-0.39, 0.29) is 5.91 Å². The molecule has 1 aliphatic carbocycles. The van der Waals surface area contributed by atoms with Gasteiger partial charge >= 0.3 is 0 Å². The van der Waals surface area contributed by atoms with Gasteiger partial charge in [-0.25, -0.2) is 0 Å². The van der Waals surface area contributed by atoms with Crippen molar-refractivity contribution in [3.63, 3.8) is 0 Å². The molecular weight excluding hydrogens is 252 g/mol. The van der Waals surface area contributed by atoms with Gasteiger partial charge in [-0.1, -0.05) is 19.3 Å². The Hall–Kier alpha value is -1.86. The lowest BCUT2D eigenvalue weighted by molar-refractivity contribution is -0.117. The third-order valence-corrected chi connectivity index (χ3v) is 3.67. The Kier molecular flexibility index (Phi) is 5.57. The molecule has 0 bridgehead atoms. The highest BCUT2D eigenvalue weighted by molar-refractivity contribution is 5.90. The maximum Gasteiger partial charge on any atom is 0.226 e. The van der Waals surface area contributed by atoms with Crippen molar-refractivity contribution in [3.8, 4) is 6.07 Å². The lowest BCUT2D eigenvalue weighted by Gasteiger charge is -2.24. The number of carbonyl (C=O) groups is 1. The molecule has 4 heteroatoms. The fraction of sp³-hybridized carbons (Fsp3) is 0.500. The van der Waals surface area contributed by atoms with Crippen molar-refractivity contribution < 1.29 is 9.53 Å². The van der Waals surface area contributed by atoms with Gasteiger partial charge in [-0.05, 0) is 36.6 Å². The van der Waals surface area contributed by atoms with Crippen molar-refractivity contribution in [1.29, 1.82) is 5.26 Å². The van der Waals surface area contributed by atoms with Crippen molar-refractivity contribution in [2.24, 2.45) is 5.92 Å². The molecule has 0 unspecified atom stereocenters. The number of nitrogens with one attached hydrogen (secondary N) is 1. The predicted molar refractivity (Wildman–Crippen MR) is 77.2 cm³/mol. The molecule has 20 heavy (non-hydrogen) atoms. The van der Waals surface area contributed by atoms with Crippen LogP contribution in [0.2, 0.25) is 0 Å². The van der Waals surface area contributed by atoms with E-state index in [1.54, 1.807) is 24.3 Å². The van der Waals surface area contributed by atoms with Gasteiger partial charge in [0, 0.05) is 12.3 Å². The molecule has 106 valence electrons. The summed E-state index contributed by atoms with van der Waals surface area (Å²) in [6.07, 6.45) is 5.52. The van der Waals surface area contributed by atoms with Gasteiger partial charge in [0.2, 0.25) is 5.91 Å². The molecule has 0 radical (unpaired) electrons. The topological polar surface area (TPSA) is 62.1 Å². The molecule has 1 saturated carbocycles. The number of carbonyl (C=O) groups excluding carboxylic acids is 1. The highest BCUT2D eigenvalue weighted by Crippen LogP contribution is 2.29. The molecule has 0 aliphatic heterocycles. The number of hydrogen-bond donors (Lipinski definition) is 1. The predicted octanol–water partition coefficient (Wildman–Crippen LogP) is 3.09. The summed E-state index contributed by atoms with van der Waals surface area (Å²) in [5.74, 6) is 0.792. The Morgan fingerprint density at radius 2 is 2.05 bits per heavy atom. The van der Waals surface area contributed by atoms with Crippen molar-refractivity contribution in [1.82, 2.24) is 0 Å². The summed E-state index contributed by atoms with van der Waals surface area (Å²) in [5.41, 5.74) is 1.30. The van der Waals surface area contributed by atoms with Gasteiger partial charge in [-0.2, -0.15) is 5.26 Å². The second-order valence-corrected chi connectivity index (χ2v) is 5.19. The molecule has 0 spiro atoms. The van der Waals surface area contributed by atoms with Crippen LogP contribution in [0.4, 0.5) is 5.69 Å². The molecule has 1 aliphatic rings. The fourth-order valence-electron chi connectivity index (χ4n) is 2.15. The van der Waals surface area contributed by atoms with Crippen molar-refractivity contribution in [2.45, 2.75) is 32.1 Å². The zero-order valence-corrected chi connectivity index (χ0v) is 11.6. The van der Waals surface area contributed by atoms with Crippen LogP contribution in [-0.4, -0.2) is 19.1 Å². The van der Waals surface area contributed by atoms with Gasteiger partial charge in [-0.15, -0.1) is 0 Å². The Balaban J connectivity index is 1.58. The number of amides is 1. The van der Waals surface area contributed by atoms with Crippen LogP contribution in [0.1, 0.15) is 37.7 Å². The fourth-order valence-corrected chi connectivity index (χ4v) is 2.15. The van der Waals surface area contributed by atoms with E-state index in [0.717, 1.165) is 18.9 Å². The smallest absolute Gasteiger partial charge is 0.226 e. The number of benzene rings is 1. The summed E-state index contributed by atoms with van der Waals surface area (Å²) in [6.45, 7) is 1.23. The average molecular weight is 272 g/mol. The van der Waals surface area contributed by atoms with Gasteiger partial charge < -0.3 is 10.1 Å². The highest BCUT2D eigenvalue weighted by Gasteiger charge is 2.16. The van der Waals surface area contributed by atoms with Crippen molar-refractivity contribution >= 4 is 11.6 Å². The first-order chi connectivity index (χ1) is 9.78. The average Bonchev–Trinajstić information content (AvgIpc) is 2.41. The minimum absolute atomic E-state index is 0.0571. The normalized spacial score (nSPS) is 14.3. The van der Waals surface area contributed by atoms with Crippen molar-refractivity contribution in [2.75, 3.05) is 18.5 Å². The van der Waals surface area contributed by atoms with Crippen LogP contribution in [0, 0.1) is 17.2 Å². The number of hydrogen-bond acceptors (Lipinski definition) is 3. The molecule has 0 saturated heterocycles. The number of anilines is 1. The summed E-state index contributed by atoms with van der Waals surface area (Å²) < 4.78 is 5.48. The molecule has 1 fully saturated rings. The molecule has 0 atom stereocenters. The van der Waals surface area contributed by atoms with E-state index in [0.29, 0.717) is 24.3 Å². The Morgan fingerprint density at radius 3 is 2.65 bits per heavy atom. The summed E-state index contributed by atoms with van der Waals surface area (Å²) >= 11 is 0. The maximum atomic E-state index is 11.7.